The van der Waals surface area contributed by atoms with Gasteiger partial charge in [0.2, 0.25) is 0 Å². The first-order valence-corrected chi connectivity index (χ1v) is 3.16. The Kier molecular flexibility index (Phi) is 2.16. The summed E-state index contributed by atoms with van der Waals surface area (Å²) in [5, 5.41) is 2.92. The van der Waals surface area contributed by atoms with E-state index in [0.29, 0.717) is 0 Å². The highest BCUT2D eigenvalue weighted by molar-refractivity contribution is 5.85. The third-order valence-electron chi connectivity index (χ3n) is 1.58. The maximum absolute atomic E-state index is 11.6. The van der Waals surface area contributed by atoms with Crippen LogP contribution >= 0.6 is 0 Å². The molecular weight excluding hydrogens is 121 g/mol. The van der Waals surface area contributed by atoms with Crippen molar-refractivity contribution in [1.82, 2.24) is 5.32 Å². The number of halogens is 1. The third kappa shape index (κ3) is 1.48. The van der Waals surface area contributed by atoms with Crippen molar-refractivity contribution in [3.05, 3.63) is 0 Å². The molecule has 0 aromatic heterocycles. The molecule has 0 aromatic carbocycles. The van der Waals surface area contributed by atoms with Crippen LogP contribution < -0.4 is 5.32 Å². The fourth-order valence-corrected chi connectivity index (χ4v) is 1.05. The largest absolute Gasteiger partial charge is 0.307 e. The van der Waals surface area contributed by atoms with E-state index in [0.717, 1.165) is 19.4 Å². The molecule has 0 aromatic rings. The number of hydrogen-bond acceptors (Lipinski definition) is 2. The highest BCUT2D eigenvalue weighted by Gasteiger charge is 2.20. The fourth-order valence-electron chi connectivity index (χ4n) is 1.05. The summed E-state index contributed by atoms with van der Waals surface area (Å²) in [7, 11) is 0. The van der Waals surface area contributed by atoms with Gasteiger partial charge in [-0.3, -0.25) is 4.79 Å². The lowest BCUT2D eigenvalue weighted by molar-refractivity contribution is -0.121. The van der Waals surface area contributed by atoms with Crippen molar-refractivity contribution in [2.24, 2.45) is 0 Å². The van der Waals surface area contributed by atoms with Gasteiger partial charge in [0.15, 0.2) is 5.78 Å². The molecular formula is C6H10FNO. The second-order valence-corrected chi connectivity index (χ2v) is 2.25. The van der Waals surface area contributed by atoms with Gasteiger partial charge in [-0.1, -0.05) is 0 Å². The van der Waals surface area contributed by atoms with Crippen LogP contribution in [0.1, 0.15) is 12.8 Å². The molecule has 0 aliphatic carbocycles. The topological polar surface area (TPSA) is 29.1 Å². The number of alkyl halides is 1. The van der Waals surface area contributed by atoms with E-state index in [2.05, 4.69) is 5.32 Å². The molecule has 52 valence electrons. The number of Topliss-reactive ketones (excluding diaryl/α,β-unsaturated/α-hetero) is 1. The predicted molar refractivity (Wildman–Crippen MR) is 32.0 cm³/mol. The molecule has 0 amide bonds. The van der Waals surface area contributed by atoms with Crippen molar-refractivity contribution in [2.45, 2.75) is 18.9 Å². The van der Waals surface area contributed by atoms with Gasteiger partial charge in [-0.15, -0.1) is 0 Å². The summed E-state index contributed by atoms with van der Waals surface area (Å²) < 4.78 is 11.6. The summed E-state index contributed by atoms with van der Waals surface area (Å²) in [6.45, 7) is 0.0358. The van der Waals surface area contributed by atoms with E-state index >= 15 is 0 Å². The van der Waals surface area contributed by atoms with E-state index in [-0.39, 0.29) is 11.8 Å². The Labute approximate surface area is 53.4 Å². The zero-order valence-electron chi connectivity index (χ0n) is 5.19. The SMILES string of the molecule is O=C(CF)[C@@H]1CCCN1. The molecule has 1 aliphatic heterocycles. The summed E-state index contributed by atoms with van der Waals surface area (Å²) in [5.74, 6) is -0.299. The maximum atomic E-state index is 11.6. The highest BCUT2D eigenvalue weighted by Crippen LogP contribution is 2.05. The van der Waals surface area contributed by atoms with Gasteiger partial charge in [-0.25, -0.2) is 4.39 Å². The average Bonchev–Trinajstić information content (AvgIpc) is 2.37. The van der Waals surface area contributed by atoms with E-state index in [1.54, 1.807) is 0 Å². The van der Waals surface area contributed by atoms with Crippen molar-refractivity contribution in [3.63, 3.8) is 0 Å². The van der Waals surface area contributed by atoms with Crippen LogP contribution in [0.4, 0.5) is 4.39 Å². The Morgan fingerprint density at radius 1 is 1.78 bits per heavy atom. The van der Waals surface area contributed by atoms with Crippen molar-refractivity contribution >= 4 is 5.78 Å². The smallest absolute Gasteiger partial charge is 0.180 e. The minimum absolute atomic E-state index is 0.185. The summed E-state index contributed by atoms with van der Waals surface area (Å²) in [6.07, 6.45) is 1.80. The van der Waals surface area contributed by atoms with E-state index in [4.69, 9.17) is 0 Å². The van der Waals surface area contributed by atoms with Crippen LogP contribution in [-0.4, -0.2) is 25.0 Å². The molecule has 1 aliphatic rings. The Bertz CT molecular complexity index is 110. The highest BCUT2D eigenvalue weighted by atomic mass is 19.1. The molecule has 2 nitrogen and oxygen atoms in total. The Morgan fingerprint density at radius 3 is 3.00 bits per heavy atom. The van der Waals surface area contributed by atoms with Crippen LogP contribution in [0.3, 0.4) is 0 Å². The quantitative estimate of drug-likeness (QED) is 0.583. The average molecular weight is 131 g/mol. The first kappa shape index (κ1) is 6.68. The predicted octanol–water partition coefficient (Wildman–Crippen LogP) is 0.277. The number of carbonyl (C=O) groups is 1. The van der Waals surface area contributed by atoms with Gasteiger partial charge in [0, 0.05) is 0 Å². The molecule has 0 saturated carbocycles. The first-order valence-electron chi connectivity index (χ1n) is 3.16. The molecule has 0 unspecified atom stereocenters. The Hall–Kier alpha value is -0.440. The van der Waals surface area contributed by atoms with Gasteiger partial charge in [0.25, 0.3) is 0 Å². The maximum Gasteiger partial charge on any atom is 0.180 e. The lowest BCUT2D eigenvalue weighted by Crippen LogP contribution is -2.31. The van der Waals surface area contributed by atoms with Crippen LogP contribution in [0.2, 0.25) is 0 Å². The second-order valence-electron chi connectivity index (χ2n) is 2.25. The number of ketones is 1. The second kappa shape index (κ2) is 2.92. The molecule has 1 N–H and O–H groups in total. The van der Waals surface area contributed by atoms with Crippen LogP contribution in [0.15, 0.2) is 0 Å². The van der Waals surface area contributed by atoms with Crippen LogP contribution in [0, 0.1) is 0 Å². The van der Waals surface area contributed by atoms with Crippen LogP contribution in [0.25, 0.3) is 0 Å². The van der Waals surface area contributed by atoms with Gasteiger partial charge in [-0.2, -0.15) is 0 Å². The summed E-state index contributed by atoms with van der Waals surface area (Å²) in [6, 6.07) is -0.185. The van der Waals surface area contributed by atoms with E-state index in [1.165, 1.54) is 0 Å². The summed E-state index contributed by atoms with van der Waals surface area (Å²) in [4.78, 5) is 10.6. The number of hydrogen-bond donors (Lipinski definition) is 1. The number of nitrogens with one attached hydrogen (secondary N) is 1. The number of rotatable bonds is 2. The molecule has 0 spiro atoms. The van der Waals surface area contributed by atoms with Gasteiger partial charge >= 0.3 is 0 Å². The summed E-state index contributed by atoms with van der Waals surface area (Å²) in [5.41, 5.74) is 0. The van der Waals surface area contributed by atoms with E-state index in [9.17, 15) is 9.18 Å². The van der Waals surface area contributed by atoms with Gasteiger partial charge in [0.1, 0.15) is 6.67 Å². The van der Waals surface area contributed by atoms with Gasteiger partial charge < -0.3 is 5.32 Å². The van der Waals surface area contributed by atoms with Crippen molar-refractivity contribution < 1.29 is 9.18 Å². The lowest BCUT2D eigenvalue weighted by Gasteiger charge is -2.03. The Morgan fingerprint density at radius 2 is 2.56 bits per heavy atom. The van der Waals surface area contributed by atoms with Crippen molar-refractivity contribution in [1.29, 1.82) is 0 Å². The van der Waals surface area contributed by atoms with E-state index in [1.807, 2.05) is 0 Å². The van der Waals surface area contributed by atoms with Gasteiger partial charge in [-0.05, 0) is 19.4 Å². The van der Waals surface area contributed by atoms with Crippen LogP contribution in [-0.2, 0) is 4.79 Å². The standard InChI is InChI=1S/C6H10FNO/c7-4-6(9)5-2-1-3-8-5/h5,8H,1-4H2/t5-/m0/s1. The molecule has 1 heterocycles. The molecule has 1 rings (SSSR count). The first-order chi connectivity index (χ1) is 4.34. The van der Waals surface area contributed by atoms with Gasteiger partial charge in [0.05, 0.1) is 6.04 Å². The zero-order valence-corrected chi connectivity index (χ0v) is 5.19. The molecule has 1 fully saturated rings. The fraction of sp³-hybridized carbons (Fsp3) is 0.833. The summed E-state index contributed by atoms with van der Waals surface area (Å²) >= 11 is 0. The third-order valence-corrected chi connectivity index (χ3v) is 1.58. The number of carbonyl (C=O) groups excluding carboxylic acids is 1. The zero-order chi connectivity index (χ0) is 6.69. The van der Waals surface area contributed by atoms with Crippen LogP contribution in [0.5, 0.6) is 0 Å². The molecule has 0 radical (unpaired) electrons. The molecule has 0 bridgehead atoms. The minimum atomic E-state index is -0.822. The Balaban J connectivity index is 2.32. The molecule has 3 heteroatoms. The lowest BCUT2D eigenvalue weighted by atomic mass is 10.1. The molecule has 1 atom stereocenters. The van der Waals surface area contributed by atoms with Crippen molar-refractivity contribution in [3.8, 4) is 0 Å². The van der Waals surface area contributed by atoms with Crippen molar-refractivity contribution in [2.75, 3.05) is 13.2 Å². The normalized spacial score (nSPS) is 26.6. The molecule has 1 saturated heterocycles. The minimum Gasteiger partial charge on any atom is -0.307 e. The molecule has 9 heavy (non-hydrogen) atoms. The monoisotopic (exact) mass is 131 g/mol. The van der Waals surface area contributed by atoms with E-state index < -0.39 is 6.67 Å².